The number of aryl methyl sites for hydroxylation is 1. The smallest absolute Gasteiger partial charge is 0.161 e. The molecule has 0 fully saturated rings. The second-order valence-electron chi connectivity index (χ2n) is 4.54. The van der Waals surface area contributed by atoms with Crippen LogP contribution in [0, 0.1) is 6.92 Å². The molecule has 0 aliphatic carbocycles. The van der Waals surface area contributed by atoms with Gasteiger partial charge in [-0.1, -0.05) is 36.4 Å². The van der Waals surface area contributed by atoms with Crippen molar-refractivity contribution in [2.45, 2.75) is 13.5 Å². The summed E-state index contributed by atoms with van der Waals surface area (Å²) in [4.78, 5) is 0. The number of rotatable bonds is 7. The molecule has 0 aromatic heterocycles. The predicted octanol–water partition coefficient (Wildman–Crippen LogP) is 3.60. The topological polar surface area (TPSA) is 27.7 Å². The molecular formula is C17H20O3. The summed E-state index contributed by atoms with van der Waals surface area (Å²) in [5.74, 6) is 1.51. The van der Waals surface area contributed by atoms with E-state index in [1.54, 1.807) is 7.11 Å². The van der Waals surface area contributed by atoms with Crippen molar-refractivity contribution in [2.24, 2.45) is 0 Å². The van der Waals surface area contributed by atoms with Gasteiger partial charge in [0, 0.05) is 0 Å². The van der Waals surface area contributed by atoms with Crippen molar-refractivity contribution in [3.63, 3.8) is 0 Å². The summed E-state index contributed by atoms with van der Waals surface area (Å²) in [6.45, 7) is 3.68. The van der Waals surface area contributed by atoms with Crippen LogP contribution in [0.1, 0.15) is 11.1 Å². The Morgan fingerprint density at radius 3 is 2.45 bits per heavy atom. The zero-order valence-electron chi connectivity index (χ0n) is 12.0. The van der Waals surface area contributed by atoms with Crippen LogP contribution >= 0.6 is 0 Å². The molecule has 0 saturated heterocycles. The van der Waals surface area contributed by atoms with Gasteiger partial charge in [-0.25, -0.2) is 0 Å². The van der Waals surface area contributed by atoms with Crippen LogP contribution in [0.4, 0.5) is 0 Å². The molecule has 0 aliphatic heterocycles. The second kappa shape index (κ2) is 7.56. The highest BCUT2D eigenvalue weighted by molar-refractivity contribution is 5.42. The monoisotopic (exact) mass is 272 g/mol. The predicted molar refractivity (Wildman–Crippen MR) is 79.3 cm³/mol. The minimum Gasteiger partial charge on any atom is -0.493 e. The summed E-state index contributed by atoms with van der Waals surface area (Å²) in [5, 5.41) is 0. The lowest BCUT2D eigenvalue weighted by Gasteiger charge is -2.11. The third-order valence-corrected chi connectivity index (χ3v) is 2.92. The van der Waals surface area contributed by atoms with Crippen molar-refractivity contribution in [3.05, 3.63) is 59.7 Å². The van der Waals surface area contributed by atoms with E-state index in [2.05, 4.69) is 0 Å². The van der Waals surface area contributed by atoms with Crippen LogP contribution in [0.3, 0.4) is 0 Å². The third kappa shape index (κ3) is 4.28. The molecule has 2 aromatic rings. The van der Waals surface area contributed by atoms with Crippen LogP contribution in [-0.4, -0.2) is 20.3 Å². The Hall–Kier alpha value is -2.00. The molecule has 2 rings (SSSR count). The van der Waals surface area contributed by atoms with Gasteiger partial charge in [-0.15, -0.1) is 0 Å². The van der Waals surface area contributed by atoms with Gasteiger partial charge in [0.15, 0.2) is 11.5 Å². The lowest BCUT2D eigenvalue weighted by atomic mass is 10.2. The lowest BCUT2D eigenvalue weighted by molar-refractivity contribution is 0.0879. The van der Waals surface area contributed by atoms with Gasteiger partial charge >= 0.3 is 0 Å². The average molecular weight is 272 g/mol. The molecule has 0 N–H and O–H groups in total. The molecule has 20 heavy (non-hydrogen) atoms. The standard InChI is InChI=1S/C17H20O3/c1-14-8-9-16(17(12-14)18-2)20-11-10-19-13-15-6-4-3-5-7-15/h3-9,12H,10-11,13H2,1-2H3. The van der Waals surface area contributed by atoms with Crippen LogP contribution in [0.2, 0.25) is 0 Å². The van der Waals surface area contributed by atoms with Gasteiger partial charge in [-0.3, -0.25) is 0 Å². The van der Waals surface area contributed by atoms with Gasteiger partial charge in [-0.2, -0.15) is 0 Å². The van der Waals surface area contributed by atoms with Crippen molar-refractivity contribution < 1.29 is 14.2 Å². The van der Waals surface area contributed by atoms with E-state index in [1.807, 2.05) is 55.5 Å². The maximum atomic E-state index is 5.67. The van der Waals surface area contributed by atoms with Gasteiger partial charge in [0.2, 0.25) is 0 Å². The van der Waals surface area contributed by atoms with E-state index in [0.29, 0.717) is 19.8 Å². The molecule has 0 atom stereocenters. The number of methoxy groups -OCH3 is 1. The van der Waals surface area contributed by atoms with Crippen molar-refractivity contribution in [1.29, 1.82) is 0 Å². The van der Waals surface area contributed by atoms with Crippen molar-refractivity contribution in [3.8, 4) is 11.5 Å². The Balaban J connectivity index is 1.73. The Morgan fingerprint density at radius 2 is 1.70 bits per heavy atom. The molecule has 2 aromatic carbocycles. The van der Waals surface area contributed by atoms with Crippen LogP contribution in [0.5, 0.6) is 11.5 Å². The van der Waals surface area contributed by atoms with E-state index in [4.69, 9.17) is 14.2 Å². The van der Waals surface area contributed by atoms with Crippen molar-refractivity contribution in [1.82, 2.24) is 0 Å². The number of benzene rings is 2. The lowest BCUT2D eigenvalue weighted by Crippen LogP contribution is -2.07. The fourth-order valence-electron chi connectivity index (χ4n) is 1.87. The third-order valence-electron chi connectivity index (χ3n) is 2.92. The highest BCUT2D eigenvalue weighted by atomic mass is 16.5. The van der Waals surface area contributed by atoms with E-state index in [9.17, 15) is 0 Å². The SMILES string of the molecule is COc1cc(C)ccc1OCCOCc1ccccc1. The quantitative estimate of drug-likeness (QED) is 0.721. The van der Waals surface area contributed by atoms with Crippen LogP contribution in [0.25, 0.3) is 0 Å². The Kier molecular flexibility index (Phi) is 5.44. The Morgan fingerprint density at radius 1 is 0.900 bits per heavy atom. The summed E-state index contributed by atoms with van der Waals surface area (Å²) >= 11 is 0. The summed E-state index contributed by atoms with van der Waals surface area (Å²) in [7, 11) is 1.65. The fourth-order valence-corrected chi connectivity index (χ4v) is 1.87. The van der Waals surface area contributed by atoms with E-state index >= 15 is 0 Å². The molecule has 0 heterocycles. The number of hydrogen-bond acceptors (Lipinski definition) is 3. The zero-order chi connectivity index (χ0) is 14.2. The summed E-state index contributed by atoms with van der Waals surface area (Å²) in [5.41, 5.74) is 2.31. The first-order valence-corrected chi connectivity index (χ1v) is 6.68. The number of hydrogen-bond donors (Lipinski definition) is 0. The van der Waals surface area contributed by atoms with E-state index in [1.165, 1.54) is 5.56 Å². The van der Waals surface area contributed by atoms with Gasteiger partial charge in [0.25, 0.3) is 0 Å². The van der Waals surface area contributed by atoms with Crippen molar-refractivity contribution >= 4 is 0 Å². The van der Waals surface area contributed by atoms with Crippen LogP contribution in [-0.2, 0) is 11.3 Å². The normalized spacial score (nSPS) is 10.3. The molecule has 0 unspecified atom stereocenters. The highest BCUT2D eigenvalue weighted by Crippen LogP contribution is 2.27. The largest absolute Gasteiger partial charge is 0.493 e. The summed E-state index contributed by atoms with van der Waals surface area (Å²) in [6, 6.07) is 16.0. The maximum Gasteiger partial charge on any atom is 0.161 e. The van der Waals surface area contributed by atoms with E-state index in [0.717, 1.165) is 17.1 Å². The molecule has 0 bridgehead atoms. The van der Waals surface area contributed by atoms with Gasteiger partial charge < -0.3 is 14.2 Å². The Labute approximate surface area is 120 Å². The first kappa shape index (κ1) is 14.4. The summed E-state index contributed by atoms with van der Waals surface area (Å²) in [6.07, 6.45) is 0. The first-order valence-electron chi connectivity index (χ1n) is 6.68. The van der Waals surface area contributed by atoms with Gasteiger partial charge in [0.05, 0.1) is 20.3 Å². The van der Waals surface area contributed by atoms with Gasteiger partial charge in [-0.05, 0) is 30.2 Å². The molecule has 3 heteroatoms. The first-order chi connectivity index (χ1) is 9.79. The molecule has 106 valence electrons. The highest BCUT2D eigenvalue weighted by Gasteiger charge is 2.03. The second-order valence-corrected chi connectivity index (χ2v) is 4.54. The zero-order valence-corrected chi connectivity index (χ0v) is 12.0. The summed E-state index contributed by atoms with van der Waals surface area (Å²) < 4.78 is 16.5. The fraction of sp³-hybridized carbons (Fsp3) is 0.294. The molecule has 0 aliphatic rings. The number of ether oxygens (including phenoxy) is 3. The van der Waals surface area contributed by atoms with Gasteiger partial charge in [0.1, 0.15) is 6.61 Å². The molecular weight excluding hydrogens is 252 g/mol. The molecule has 0 saturated carbocycles. The van der Waals surface area contributed by atoms with Crippen molar-refractivity contribution in [2.75, 3.05) is 20.3 Å². The Bertz CT molecular complexity index is 523. The molecule has 0 radical (unpaired) electrons. The maximum absolute atomic E-state index is 5.67. The van der Waals surface area contributed by atoms with E-state index < -0.39 is 0 Å². The van der Waals surface area contributed by atoms with E-state index in [-0.39, 0.29) is 0 Å². The minimum absolute atomic E-state index is 0.506. The average Bonchev–Trinajstić information content (AvgIpc) is 2.49. The van der Waals surface area contributed by atoms with Crippen LogP contribution < -0.4 is 9.47 Å². The molecule has 0 amide bonds. The minimum atomic E-state index is 0.506. The van der Waals surface area contributed by atoms with Crippen LogP contribution in [0.15, 0.2) is 48.5 Å². The molecule has 0 spiro atoms. The molecule has 3 nitrogen and oxygen atoms in total.